The van der Waals surface area contributed by atoms with Crippen LogP contribution in [0.2, 0.25) is 0 Å². The minimum atomic E-state index is -0.735. The van der Waals surface area contributed by atoms with Gasteiger partial charge >= 0.3 is 5.97 Å². The van der Waals surface area contributed by atoms with E-state index in [1.807, 2.05) is 24.3 Å². The lowest BCUT2D eigenvalue weighted by molar-refractivity contribution is -0.138. The highest BCUT2D eigenvalue weighted by Crippen LogP contribution is 2.32. The largest absolute Gasteiger partial charge is 0.481 e. The Balaban J connectivity index is 2.24. The lowest BCUT2D eigenvalue weighted by atomic mass is 9.99. The zero-order valence-electron chi connectivity index (χ0n) is 10.3. The van der Waals surface area contributed by atoms with Crippen molar-refractivity contribution in [1.82, 2.24) is 4.90 Å². The summed E-state index contributed by atoms with van der Waals surface area (Å²) in [7, 11) is 0. The van der Waals surface area contributed by atoms with Crippen molar-refractivity contribution in [2.75, 3.05) is 13.1 Å². The molecule has 4 heteroatoms. The summed E-state index contributed by atoms with van der Waals surface area (Å²) in [5.74, 6) is -0.735. The van der Waals surface area contributed by atoms with Crippen LogP contribution in [0.4, 0.5) is 0 Å². The average molecular weight is 312 g/mol. The van der Waals surface area contributed by atoms with Crippen LogP contribution in [0, 0.1) is 0 Å². The number of halogens is 1. The molecule has 1 aliphatic rings. The maximum atomic E-state index is 11.1. The Morgan fingerprint density at radius 3 is 2.56 bits per heavy atom. The Kier molecular flexibility index (Phi) is 4.78. The number of aliphatic carboxylic acids is 1. The van der Waals surface area contributed by atoms with E-state index in [0.29, 0.717) is 0 Å². The van der Waals surface area contributed by atoms with Gasteiger partial charge in [-0.3, -0.25) is 9.69 Å². The molecule has 0 radical (unpaired) electrons. The van der Waals surface area contributed by atoms with E-state index in [9.17, 15) is 4.79 Å². The van der Waals surface area contributed by atoms with E-state index in [2.05, 4.69) is 20.8 Å². The lowest BCUT2D eigenvalue weighted by Gasteiger charge is -2.34. The molecule has 0 aliphatic carbocycles. The predicted molar refractivity (Wildman–Crippen MR) is 74.6 cm³/mol. The molecule has 18 heavy (non-hydrogen) atoms. The second-order valence-corrected chi connectivity index (χ2v) is 5.59. The monoisotopic (exact) mass is 311 g/mol. The maximum absolute atomic E-state index is 11.1. The molecule has 1 aromatic rings. The predicted octanol–water partition coefficient (Wildman–Crippen LogP) is 3.45. The number of hydrogen-bond acceptors (Lipinski definition) is 2. The number of carboxylic acids is 1. The molecule has 1 aromatic carbocycles. The molecule has 1 aliphatic heterocycles. The zero-order chi connectivity index (χ0) is 13.0. The summed E-state index contributed by atoms with van der Waals surface area (Å²) < 4.78 is 1.00. The molecule has 2 rings (SSSR count). The van der Waals surface area contributed by atoms with Crippen molar-refractivity contribution < 1.29 is 9.90 Å². The first-order valence-electron chi connectivity index (χ1n) is 6.39. The van der Waals surface area contributed by atoms with Gasteiger partial charge < -0.3 is 5.11 Å². The first-order chi connectivity index (χ1) is 8.68. The van der Waals surface area contributed by atoms with Gasteiger partial charge in [0, 0.05) is 10.5 Å². The first-order valence-corrected chi connectivity index (χ1v) is 7.18. The lowest BCUT2D eigenvalue weighted by Crippen LogP contribution is -2.35. The van der Waals surface area contributed by atoms with Crippen LogP contribution in [0.15, 0.2) is 28.7 Å². The first kappa shape index (κ1) is 13.6. The Hall–Kier alpha value is -0.870. The Morgan fingerprint density at radius 1 is 1.28 bits per heavy atom. The van der Waals surface area contributed by atoms with Crippen LogP contribution in [0.1, 0.15) is 37.3 Å². The molecule has 1 saturated heterocycles. The summed E-state index contributed by atoms with van der Waals surface area (Å²) in [6.07, 6.45) is 3.76. The molecular weight excluding hydrogens is 294 g/mol. The zero-order valence-corrected chi connectivity index (χ0v) is 11.9. The second-order valence-electron chi connectivity index (χ2n) is 4.73. The van der Waals surface area contributed by atoms with Gasteiger partial charge in [-0.2, -0.15) is 0 Å². The highest BCUT2D eigenvalue weighted by molar-refractivity contribution is 9.10. The van der Waals surface area contributed by atoms with Crippen molar-refractivity contribution >= 4 is 21.9 Å². The van der Waals surface area contributed by atoms with Gasteiger partial charge in [0.05, 0.1) is 6.42 Å². The molecule has 1 heterocycles. The van der Waals surface area contributed by atoms with E-state index in [1.165, 1.54) is 19.3 Å². The Labute approximate surface area is 116 Å². The molecule has 1 N–H and O–H groups in total. The summed E-state index contributed by atoms with van der Waals surface area (Å²) in [6.45, 7) is 2.00. The highest BCUT2D eigenvalue weighted by Gasteiger charge is 2.25. The average Bonchev–Trinajstić information content (AvgIpc) is 2.38. The van der Waals surface area contributed by atoms with Crippen LogP contribution in [0.25, 0.3) is 0 Å². The minimum absolute atomic E-state index is 0.0154. The standard InChI is InChI=1S/C14H18BrNO2/c15-12-7-3-2-6-11(12)13(10-14(17)18)16-8-4-1-5-9-16/h2-3,6-7,13H,1,4-5,8-10H2,(H,17,18). The van der Waals surface area contributed by atoms with Crippen LogP contribution in [-0.4, -0.2) is 29.1 Å². The molecule has 0 amide bonds. The molecule has 0 saturated carbocycles. The number of nitrogens with zero attached hydrogens (tertiary/aromatic N) is 1. The van der Waals surface area contributed by atoms with Crippen LogP contribution in [0.5, 0.6) is 0 Å². The molecule has 1 atom stereocenters. The van der Waals surface area contributed by atoms with Gasteiger partial charge in [-0.05, 0) is 37.6 Å². The summed E-state index contributed by atoms with van der Waals surface area (Å²) in [5.41, 5.74) is 1.09. The molecular formula is C14H18BrNO2. The van der Waals surface area contributed by atoms with Gasteiger partial charge in [0.15, 0.2) is 0 Å². The molecule has 98 valence electrons. The Bertz CT molecular complexity index is 416. The van der Waals surface area contributed by atoms with Gasteiger partial charge in [0.1, 0.15) is 0 Å². The van der Waals surface area contributed by atoms with E-state index < -0.39 is 5.97 Å². The highest BCUT2D eigenvalue weighted by atomic mass is 79.9. The molecule has 1 fully saturated rings. The second kappa shape index (κ2) is 6.34. The van der Waals surface area contributed by atoms with Crippen molar-refractivity contribution in [3.63, 3.8) is 0 Å². The van der Waals surface area contributed by atoms with E-state index >= 15 is 0 Å². The van der Waals surface area contributed by atoms with Crippen LogP contribution >= 0.6 is 15.9 Å². The van der Waals surface area contributed by atoms with Crippen LogP contribution in [0.3, 0.4) is 0 Å². The SMILES string of the molecule is O=C(O)CC(c1ccccc1Br)N1CCCCC1. The van der Waals surface area contributed by atoms with Crippen molar-refractivity contribution in [1.29, 1.82) is 0 Å². The summed E-state index contributed by atoms with van der Waals surface area (Å²) in [6, 6.07) is 7.92. The fourth-order valence-corrected chi connectivity index (χ4v) is 3.13. The molecule has 3 nitrogen and oxygen atoms in total. The number of piperidine rings is 1. The molecule has 0 aromatic heterocycles. The normalized spacial score (nSPS) is 18.5. The van der Waals surface area contributed by atoms with Gasteiger partial charge in [0.25, 0.3) is 0 Å². The van der Waals surface area contributed by atoms with Gasteiger partial charge in [-0.15, -0.1) is 0 Å². The van der Waals surface area contributed by atoms with Crippen molar-refractivity contribution in [2.45, 2.75) is 31.7 Å². The molecule has 0 bridgehead atoms. The number of hydrogen-bond donors (Lipinski definition) is 1. The number of rotatable bonds is 4. The number of carbonyl (C=O) groups is 1. The van der Waals surface area contributed by atoms with Crippen LogP contribution in [-0.2, 0) is 4.79 Å². The Morgan fingerprint density at radius 2 is 1.94 bits per heavy atom. The third-order valence-electron chi connectivity index (χ3n) is 3.46. The van der Waals surface area contributed by atoms with Crippen molar-refractivity contribution in [3.05, 3.63) is 34.3 Å². The summed E-state index contributed by atoms with van der Waals surface area (Å²) in [5, 5.41) is 9.12. The summed E-state index contributed by atoms with van der Waals surface area (Å²) >= 11 is 3.53. The quantitative estimate of drug-likeness (QED) is 0.926. The third-order valence-corrected chi connectivity index (χ3v) is 4.19. The smallest absolute Gasteiger partial charge is 0.305 e. The van der Waals surface area contributed by atoms with Gasteiger partial charge in [0.2, 0.25) is 0 Å². The summed E-state index contributed by atoms with van der Waals surface area (Å²) in [4.78, 5) is 13.4. The number of likely N-dealkylation sites (tertiary alicyclic amines) is 1. The maximum Gasteiger partial charge on any atom is 0.305 e. The van der Waals surface area contributed by atoms with Gasteiger partial charge in [-0.25, -0.2) is 0 Å². The van der Waals surface area contributed by atoms with E-state index in [4.69, 9.17) is 5.11 Å². The molecule has 1 unspecified atom stereocenters. The van der Waals surface area contributed by atoms with E-state index in [0.717, 1.165) is 23.1 Å². The van der Waals surface area contributed by atoms with Crippen molar-refractivity contribution in [3.8, 4) is 0 Å². The molecule has 0 spiro atoms. The van der Waals surface area contributed by atoms with E-state index in [1.54, 1.807) is 0 Å². The van der Waals surface area contributed by atoms with E-state index in [-0.39, 0.29) is 12.5 Å². The fraction of sp³-hybridized carbons (Fsp3) is 0.500. The number of benzene rings is 1. The van der Waals surface area contributed by atoms with Crippen LogP contribution < -0.4 is 0 Å². The topological polar surface area (TPSA) is 40.5 Å². The van der Waals surface area contributed by atoms with Crippen molar-refractivity contribution in [2.24, 2.45) is 0 Å². The van der Waals surface area contributed by atoms with Gasteiger partial charge in [-0.1, -0.05) is 40.5 Å². The minimum Gasteiger partial charge on any atom is -0.481 e. The third kappa shape index (κ3) is 3.33. The number of carboxylic acid groups (broad SMARTS) is 1. The fourth-order valence-electron chi connectivity index (χ4n) is 2.58.